The Labute approximate surface area is 330 Å². The number of nitrogens with one attached hydrogen (secondary N) is 2. The topological polar surface area (TPSA) is 240 Å². The summed E-state index contributed by atoms with van der Waals surface area (Å²) < 4.78 is 40.5. The average molecular weight is 817 g/mol. The first-order chi connectivity index (χ1) is 26.9. The van der Waals surface area contributed by atoms with E-state index >= 15 is 0 Å². The van der Waals surface area contributed by atoms with E-state index in [1.807, 2.05) is 12.1 Å². The van der Waals surface area contributed by atoms with Gasteiger partial charge in [0.05, 0.1) is 10.8 Å². The van der Waals surface area contributed by atoms with E-state index in [4.69, 9.17) is 28.4 Å². The normalized spacial score (nSPS) is 14.4. The van der Waals surface area contributed by atoms with Crippen molar-refractivity contribution in [1.29, 1.82) is 0 Å². The molecule has 0 spiro atoms. The number of esters is 2. The fraction of sp³-hybridized carbons (Fsp3) is 0.444. The standard InChI is InChI=1S/C36H44N6O12S2/c1-21(2)29(37-35(47)51-15-23-11-7-5-8-12-23)33(45)53-25(17-49-27-19-55-41-39-27)31(43)32(44)26(18-50-28-20-56-42-40-28)54-34(46)30(22(3)4)38-36(48)52-16-24-13-9-6-10-14-24/h5-14,19-22,25-26,29-32,43-44H,15-18H2,1-4H3,(H,37,47)(H,38,48)/t25-,26-,29-,30-,31-,32-/m0/s1. The Hall–Kier alpha value is -5.44. The summed E-state index contributed by atoms with van der Waals surface area (Å²) in [4.78, 5) is 52.6. The van der Waals surface area contributed by atoms with Crippen LogP contribution in [0.1, 0.15) is 38.8 Å². The fourth-order valence-corrected chi connectivity index (χ4v) is 5.60. The summed E-state index contributed by atoms with van der Waals surface area (Å²) >= 11 is 1.95. The Morgan fingerprint density at radius 2 is 1.00 bits per heavy atom. The average Bonchev–Trinajstić information content (AvgIpc) is 3.93. The van der Waals surface area contributed by atoms with Crippen molar-refractivity contribution in [2.24, 2.45) is 11.8 Å². The van der Waals surface area contributed by atoms with E-state index in [1.165, 1.54) is 10.8 Å². The number of carbonyl (C=O) groups is 4. The van der Waals surface area contributed by atoms with Crippen molar-refractivity contribution in [3.05, 3.63) is 82.6 Å². The third kappa shape index (κ3) is 14.0. The number of hydrogen-bond acceptors (Lipinski definition) is 18. The second-order valence-corrected chi connectivity index (χ2v) is 14.1. The lowest BCUT2D eigenvalue weighted by atomic mass is 10.0. The molecule has 0 fully saturated rings. The molecule has 4 aromatic rings. The predicted molar refractivity (Wildman–Crippen MR) is 199 cm³/mol. The Balaban J connectivity index is 1.49. The van der Waals surface area contributed by atoms with E-state index in [2.05, 4.69) is 29.8 Å². The number of alkyl carbamates (subject to hydrolysis) is 2. The summed E-state index contributed by atoms with van der Waals surface area (Å²) in [7, 11) is 0. The maximum atomic E-state index is 13.6. The molecule has 0 aliphatic rings. The molecule has 4 rings (SSSR count). The van der Waals surface area contributed by atoms with Gasteiger partial charge in [0.15, 0.2) is 12.2 Å². The van der Waals surface area contributed by atoms with Gasteiger partial charge in [-0.15, -0.1) is 0 Å². The van der Waals surface area contributed by atoms with Gasteiger partial charge in [-0.1, -0.05) is 108 Å². The van der Waals surface area contributed by atoms with E-state index < -0.39 is 85.7 Å². The van der Waals surface area contributed by atoms with Gasteiger partial charge in [0.25, 0.3) is 0 Å². The first-order valence-electron chi connectivity index (χ1n) is 17.4. The molecule has 302 valence electrons. The number of carbonyl (C=O) groups excluding carboxylic acids is 4. The number of benzene rings is 2. The van der Waals surface area contributed by atoms with Crippen molar-refractivity contribution in [3.63, 3.8) is 0 Å². The van der Waals surface area contributed by atoms with Crippen LogP contribution in [0.4, 0.5) is 9.59 Å². The lowest BCUT2D eigenvalue weighted by Crippen LogP contribution is -2.55. The zero-order valence-corrected chi connectivity index (χ0v) is 32.6. The maximum absolute atomic E-state index is 13.6. The molecular formula is C36H44N6O12S2. The van der Waals surface area contributed by atoms with Crippen LogP contribution in [0.3, 0.4) is 0 Å². The van der Waals surface area contributed by atoms with Crippen molar-refractivity contribution >= 4 is 47.2 Å². The summed E-state index contributed by atoms with van der Waals surface area (Å²) in [5.41, 5.74) is 1.45. The van der Waals surface area contributed by atoms with Crippen LogP contribution in [-0.2, 0) is 41.8 Å². The fourth-order valence-electron chi connectivity index (χ4n) is 4.84. The summed E-state index contributed by atoms with van der Waals surface area (Å²) in [5, 5.41) is 38.6. The summed E-state index contributed by atoms with van der Waals surface area (Å²) in [6.07, 6.45) is -9.08. The van der Waals surface area contributed by atoms with Gasteiger partial charge in [0.1, 0.15) is 50.7 Å². The van der Waals surface area contributed by atoms with Crippen LogP contribution in [0.2, 0.25) is 0 Å². The Bertz CT molecular complexity index is 1640. The van der Waals surface area contributed by atoms with E-state index in [-0.39, 0.29) is 25.0 Å². The van der Waals surface area contributed by atoms with Gasteiger partial charge in [-0.05, 0) is 46.0 Å². The largest absolute Gasteiger partial charge is 0.472 e. The Morgan fingerprint density at radius 3 is 1.32 bits per heavy atom. The van der Waals surface area contributed by atoms with E-state index in [0.717, 1.165) is 34.2 Å². The number of aliphatic hydroxyl groups is 2. The zero-order chi connectivity index (χ0) is 40.5. The molecular weight excluding hydrogens is 773 g/mol. The van der Waals surface area contributed by atoms with Crippen LogP contribution in [-0.4, -0.2) is 103 Å². The highest BCUT2D eigenvalue weighted by Gasteiger charge is 2.41. The molecule has 2 aromatic carbocycles. The minimum atomic E-state index is -2.00. The molecule has 0 unspecified atom stereocenters. The predicted octanol–water partition coefficient (Wildman–Crippen LogP) is 3.29. The second-order valence-electron chi connectivity index (χ2n) is 12.9. The van der Waals surface area contributed by atoms with Gasteiger partial charge in [-0.3, -0.25) is 0 Å². The number of ether oxygens (including phenoxy) is 6. The van der Waals surface area contributed by atoms with Crippen LogP contribution >= 0.6 is 23.1 Å². The maximum Gasteiger partial charge on any atom is 0.408 e. The number of aromatic nitrogens is 4. The number of aliphatic hydroxyl groups excluding tert-OH is 2. The molecule has 0 aliphatic heterocycles. The molecule has 0 bridgehead atoms. The number of hydrogen-bond donors (Lipinski definition) is 4. The van der Waals surface area contributed by atoms with Gasteiger partial charge in [-0.25, -0.2) is 19.2 Å². The molecule has 56 heavy (non-hydrogen) atoms. The molecule has 0 radical (unpaired) electrons. The van der Waals surface area contributed by atoms with Gasteiger partial charge < -0.3 is 49.3 Å². The molecule has 2 heterocycles. The molecule has 20 heteroatoms. The molecule has 18 nitrogen and oxygen atoms in total. The molecule has 2 aromatic heterocycles. The van der Waals surface area contributed by atoms with E-state index in [9.17, 15) is 29.4 Å². The Kier molecular flexibility index (Phi) is 17.2. The smallest absolute Gasteiger partial charge is 0.408 e. The molecule has 2 amide bonds. The summed E-state index contributed by atoms with van der Waals surface area (Å²) in [6.45, 7) is 5.37. The SMILES string of the molecule is CC(C)[C@H](NC(=O)OCc1ccccc1)C(=O)O[C@@H](COc1csnn1)[C@H](O)[C@@H](O)[C@H](COc1csnn1)OC(=O)[C@@H](NC(=O)OCc1ccccc1)C(C)C. The summed E-state index contributed by atoms with van der Waals surface area (Å²) in [5.74, 6) is -2.96. The number of amides is 2. The Morgan fingerprint density at radius 1 is 0.625 bits per heavy atom. The summed E-state index contributed by atoms with van der Waals surface area (Å²) in [6, 6.07) is 15.3. The highest BCUT2D eigenvalue weighted by molar-refractivity contribution is 7.03. The van der Waals surface area contributed by atoms with Crippen molar-refractivity contribution in [1.82, 2.24) is 29.8 Å². The molecule has 4 N–H and O–H groups in total. The van der Waals surface area contributed by atoms with Crippen LogP contribution < -0.4 is 20.1 Å². The van der Waals surface area contributed by atoms with Gasteiger partial charge >= 0.3 is 24.1 Å². The minimum absolute atomic E-state index is 0.0353. The second kappa shape index (κ2) is 22.2. The van der Waals surface area contributed by atoms with Crippen LogP contribution in [0.25, 0.3) is 0 Å². The number of rotatable bonds is 21. The van der Waals surface area contributed by atoms with E-state index in [0.29, 0.717) is 0 Å². The van der Waals surface area contributed by atoms with Crippen molar-refractivity contribution in [3.8, 4) is 11.8 Å². The minimum Gasteiger partial charge on any atom is -0.472 e. The first-order valence-corrected chi connectivity index (χ1v) is 19.1. The van der Waals surface area contributed by atoms with Crippen molar-refractivity contribution in [2.75, 3.05) is 13.2 Å². The van der Waals surface area contributed by atoms with Crippen molar-refractivity contribution in [2.45, 2.75) is 77.4 Å². The first kappa shape index (κ1) is 43.3. The van der Waals surface area contributed by atoms with Gasteiger partial charge in [-0.2, -0.15) is 0 Å². The molecule has 0 aliphatic carbocycles. The van der Waals surface area contributed by atoms with Gasteiger partial charge in [0, 0.05) is 0 Å². The quantitative estimate of drug-likeness (QED) is 0.0697. The molecule has 6 atom stereocenters. The third-order valence-electron chi connectivity index (χ3n) is 7.93. The highest BCUT2D eigenvalue weighted by Crippen LogP contribution is 2.19. The third-order valence-corrected chi connectivity index (χ3v) is 8.90. The number of nitrogens with zero attached hydrogens (tertiary/aromatic N) is 4. The lowest BCUT2D eigenvalue weighted by Gasteiger charge is -2.33. The highest BCUT2D eigenvalue weighted by atomic mass is 32.1. The lowest BCUT2D eigenvalue weighted by molar-refractivity contribution is -0.183. The van der Waals surface area contributed by atoms with Crippen LogP contribution in [0.15, 0.2) is 71.4 Å². The molecule has 0 saturated heterocycles. The zero-order valence-electron chi connectivity index (χ0n) is 31.0. The molecule has 0 saturated carbocycles. The van der Waals surface area contributed by atoms with Crippen LogP contribution in [0.5, 0.6) is 11.8 Å². The van der Waals surface area contributed by atoms with Crippen LogP contribution in [0, 0.1) is 11.8 Å². The van der Waals surface area contributed by atoms with Crippen molar-refractivity contribution < 1.29 is 57.8 Å². The monoisotopic (exact) mass is 816 g/mol. The van der Waals surface area contributed by atoms with E-state index in [1.54, 1.807) is 76.2 Å². The van der Waals surface area contributed by atoms with Gasteiger partial charge in [0.2, 0.25) is 11.8 Å².